The van der Waals surface area contributed by atoms with Gasteiger partial charge in [-0.05, 0) is 17.7 Å². The number of amides is 1. The van der Waals surface area contributed by atoms with Crippen molar-refractivity contribution in [3.63, 3.8) is 0 Å². The van der Waals surface area contributed by atoms with Crippen molar-refractivity contribution in [1.82, 2.24) is 14.3 Å². The fourth-order valence-corrected chi connectivity index (χ4v) is 3.18. The Hall–Kier alpha value is -2.99. The van der Waals surface area contributed by atoms with Crippen LogP contribution in [0.4, 0.5) is 0 Å². The Labute approximate surface area is 150 Å². The standard InChI is InChI=1S/C20H19N3O3/c24-19(14-26-13-15-6-2-1-3-7-15)22-11-9-17-16(12-22)20(25)23-10-5-4-8-18(23)21-17/h1-8,10H,9,11-14H2. The number of hydrogen-bond donors (Lipinski definition) is 0. The smallest absolute Gasteiger partial charge is 0.263 e. The van der Waals surface area contributed by atoms with Crippen molar-refractivity contribution in [3.8, 4) is 0 Å². The first kappa shape index (κ1) is 16.5. The van der Waals surface area contributed by atoms with E-state index < -0.39 is 0 Å². The average Bonchev–Trinajstić information content (AvgIpc) is 2.69. The average molecular weight is 349 g/mol. The summed E-state index contributed by atoms with van der Waals surface area (Å²) >= 11 is 0. The van der Waals surface area contributed by atoms with Crippen LogP contribution < -0.4 is 5.56 Å². The monoisotopic (exact) mass is 349 g/mol. The highest BCUT2D eigenvalue weighted by Crippen LogP contribution is 2.15. The van der Waals surface area contributed by atoms with Crippen LogP contribution in [0, 0.1) is 0 Å². The Morgan fingerprint density at radius 1 is 1.12 bits per heavy atom. The molecule has 0 radical (unpaired) electrons. The van der Waals surface area contributed by atoms with E-state index in [0.717, 1.165) is 11.3 Å². The second-order valence-corrected chi connectivity index (χ2v) is 6.31. The zero-order chi connectivity index (χ0) is 17.9. The molecular weight excluding hydrogens is 330 g/mol. The Kier molecular flexibility index (Phi) is 4.50. The first-order chi connectivity index (χ1) is 12.7. The third kappa shape index (κ3) is 3.23. The highest BCUT2D eigenvalue weighted by molar-refractivity contribution is 5.77. The van der Waals surface area contributed by atoms with Gasteiger partial charge in [0.05, 0.1) is 24.4 Å². The first-order valence-electron chi connectivity index (χ1n) is 8.61. The van der Waals surface area contributed by atoms with Crippen LogP contribution in [0.15, 0.2) is 59.5 Å². The van der Waals surface area contributed by atoms with Gasteiger partial charge in [0.1, 0.15) is 12.3 Å². The van der Waals surface area contributed by atoms with Gasteiger partial charge in [0, 0.05) is 19.2 Å². The van der Waals surface area contributed by atoms with Gasteiger partial charge in [-0.2, -0.15) is 0 Å². The lowest BCUT2D eigenvalue weighted by molar-refractivity contribution is -0.137. The molecule has 0 unspecified atom stereocenters. The van der Waals surface area contributed by atoms with Crippen molar-refractivity contribution in [3.05, 3.63) is 81.9 Å². The molecule has 0 saturated carbocycles. The predicted octanol–water partition coefficient (Wildman–Crippen LogP) is 1.80. The molecule has 0 spiro atoms. The molecule has 3 aromatic rings. The summed E-state index contributed by atoms with van der Waals surface area (Å²) < 4.78 is 7.06. The van der Waals surface area contributed by atoms with Crippen LogP contribution in [0.1, 0.15) is 16.8 Å². The molecule has 26 heavy (non-hydrogen) atoms. The number of benzene rings is 1. The molecule has 2 aromatic heterocycles. The van der Waals surface area contributed by atoms with Gasteiger partial charge in [0.2, 0.25) is 5.91 Å². The summed E-state index contributed by atoms with van der Waals surface area (Å²) in [6.45, 7) is 1.24. The van der Waals surface area contributed by atoms with E-state index in [4.69, 9.17) is 4.74 Å². The van der Waals surface area contributed by atoms with Gasteiger partial charge in [0.15, 0.2) is 0 Å². The zero-order valence-electron chi connectivity index (χ0n) is 14.3. The largest absolute Gasteiger partial charge is 0.367 e. The third-order valence-electron chi connectivity index (χ3n) is 4.57. The molecule has 0 aliphatic carbocycles. The number of aromatic nitrogens is 2. The fourth-order valence-electron chi connectivity index (χ4n) is 3.18. The Bertz CT molecular complexity index is 998. The van der Waals surface area contributed by atoms with Gasteiger partial charge >= 0.3 is 0 Å². The maximum atomic E-state index is 12.7. The molecule has 1 aliphatic rings. The van der Waals surface area contributed by atoms with E-state index in [1.165, 1.54) is 4.40 Å². The van der Waals surface area contributed by atoms with Gasteiger partial charge < -0.3 is 9.64 Å². The van der Waals surface area contributed by atoms with E-state index in [0.29, 0.717) is 30.8 Å². The highest BCUT2D eigenvalue weighted by atomic mass is 16.5. The summed E-state index contributed by atoms with van der Waals surface area (Å²) in [5.41, 5.74) is 2.94. The van der Waals surface area contributed by atoms with Crippen LogP contribution in [0.2, 0.25) is 0 Å². The molecular formula is C20H19N3O3. The van der Waals surface area contributed by atoms with Crippen LogP contribution in [-0.4, -0.2) is 33.3 Å². The van der Waals surface area contributed by atoms with Gasteiger partial charge in [-0.25, -0.2) is 4.98 Å². The minimum Gasteiger partial charge on any atom is -0.367 e. The van der Waals surface area contributed by atoms with Crippen molar-refractivity contribution >= 4 is 11.6 Å². The maximum absolute atomic E-state index is 12.7. The number of pyridine rings is 1. The number of ether oxygens (including phenoxy) is 1. The second-order valence-electron chi connectivity index (χ2n) is 6.31. The number of fused-ring (bicyclic) bond motifs is 2. The van der Waals surface area contributed by atoms with Crippen molar-refractivity contribution in [2.24, 2.45) is 0 Å². The molecule has 4 rings (SSSR count). The SMILES string of the molecule is O=C(COCc1ccccc1)N1CCc2nc3ccccn3c(=O)c2C1. The molecule has 0 N–H and O–H groups in total. The van der Waals surface area contributed by atoms with Crippen LogP contribution in [0.3, 0.4) is 0 Å². The quantitative estimate of drug-likeness (QED) is 0.720. The summed E-state index contributed by atoms with van der Waals surface area (Å²) in [6, 6.07) is 15.2. The van der Waals surface area contributed by atoms with Crippen molar-refractivity contribution < 1.29 is 9.53 Å². The number of carbonyl (C=O) groups excluding carboxylic acids is 1. The number of nitrogens with zero attached hydrogens (tertiary/aromatic N) is 3. The van der Waals surface area contributed by atoms with Crippen molar-refractivity contribution in [2.45, 2.75) is 19.6 Å². The molecule has 3 heterocycles. The van der Waals surface area contributed by atoms with E-state index in [1.807, 2.05) is 42.5 Å². The molecule has 0 fully saturated rings. The molecule has 0 bridgehead atoms. The third-order valence-corrected chi connectivity index (χ3v) is 4.57. The van der Waals surface area contributed by atoms with E-state index in [-0.39, 0.29) is 24.6 Å². The summed E-state index contributed by atoms with van der Waals surface area (Å²) in [5, 5.41) is 0. The van der Waals surface area contributed by atoms with Gasteiger partial charge in [0.25, 0.3) is 5.56 Å². The van der Waals surface area contributed by atoms with Gasteiger partial charge in [-0.3, -0.25) is 14.0 Å². The van der Waals surface area contributed by atoms with Gasteiger partial charge in [-0.1, -0.05) is 36.4 Å². The lowest BCUT2D eigenvalue weighted by Crippen LogP contribution is -2.41. The summed E-state index contributed by atoms with van der Waals surface area (Å²) in [5.74, 6) is -0.107. The zero-order valence-corrected chi connectivity index (χ0v) is 14.3. The molecule has 0 saturated heterocycles. The minimum absolute atomic E-state index is 0.00652. The molecule has 6 heteroatoms. The van der Waals surface area contributed by atoms with Crippen LogP contribution in [0.5, 0.6) is 0 Å². The molecule has 1 amide bonds. The van der Waals surface area contributed by atoms with Crippen LogP contribution in [0.25, 0.3) is 5.65 Å². The van der Waals surface area contributed by atoms with Gasteiger partial charge in [-0.15, -0.1) is 0 Å². The summed E-state index contributed by atoms with van der Waals surface area (Å²) in [6.07, 6.45) is 2.29. The van der Waals surface area contributed by atoms with Crippen LogP contribution >= 0.6 is 0 Å². The number of carbonyl (C=O) groups is 1. The highest BCUT2D eigenvalue weighted by Gasteiger charge is 2.24. The Morgan fingerprint density at radius 2 is 1.92 bits per heavy atom. The van der Waals surface area contributed by atoms with E-state index in [1.54, 1.807) is 17.2 Å². The first-order valence-corrected chi connectivity index (χ1v) is 8.61. The normalized spacial score (nSPS) is 13.6. The van der Waals surface area contributed by atoms with E-state index in [9.17, 15) is 9.59 Å². The number of rotatable bonds is 4. The van der Waals surface area contributed by atoms with Crippen molar-refractivity contribution in [1.29, 1.82) is 0 Å². The second kappa shape index (κ2) is 7.09. The van der Waals surface area contributed by atoms with E-state index in [2.05, 4.69) is 4.98 Å². The maximum Gasteiger partial charge on any atom is 0.263 e. The predicted molar refractivity (Wildman–Crippen MR) is 96.7 cm³/mol. The molecule has 1 aliphatic heterocycles. The molecule has 0 atom stereocenters. The topological polar surface area (TPSA) is 63.9 Å². The lowest BCUT2D eigenvalue weighted by Gasteiger charge is -2.28. The van der Waals surface area contributed by atoms with Crippen molar-refractivity contribution in [2.75, 3.05) is 13.2 Å². The fraction of sp³-hybridized carbons (Fsp3) is 0.250. The Balaban J connectivity index is 1.45. The molecule has 6 nitrogen and oxygen atoms in total. The summed E-state index contributed by atoms with van der Waals surface area (Å²) in [7, 11) is 0. The molecule has 1 aromatic carbocycles. The Morgan fingerprint density at radius 3 is 2.77 bits per heavy atom. The summed E-state index contributed by atoms with van der Waals surface area (Å²) in [4.78, 5) is 31.4. The lowest BCUT2D eigenvalue weighted by atomic mass is 10.1. The van der Waals surface area contributed by atoms with Crippen LogP contribution in [-0.2, 0) is 29.1 Å². The molecule has 132 valence electrons. The number of hydrogen-bond acceptors (Lipinski definition) is 4. The van der Waals surface area contributed by atoms with E-state index >= 15 is 0 Å². The minimum atomic E-state index is -0.107.